The van der Waals surface area contributed by atoms with E-state index in [4.69, 9.17) is 0 Å². The summed E-state index contributed by atoms with van der Waals surface area (Å²) in [4.78, 5) is 1.35. The maximum absolute atomic E-state index is 4.15. The van der Waals surface area contributed by atoms with Gasteiger partial charge in [-0.3, -0.25) is 0 Å². The second kappa shape index (κ2) is 5.11. The molecule has 0 aromatic carbocycles. The van der Waals surface area contributed by atoms with E-state index in [2.05, 4.69) is 98.2 Å². The van der Waals surface area contributed by atoms with Crippen LogP contribution in [0.15, 0.2) is 0 Å². The van der Waals surface area contributed by atoms with Crippen molar-refractivity contribution in [2.24, 2.45) is 21.7 Å². The summed E-state index contributed by atoms with van der Waals surface area (Å²) in [5.74, 6) is 0. The Morgan fingerprint density at radius 3 is 1.69 bits per heavy atom. The van der Waals surface area contributed by atoms with Crippen LogP contribution >= 0.6 is 27.6 Å². The molecule has 0 N–H and O–H groups in total. The monoisotopic (exact) mass is 560 g/mol. The van der Waals surface area contributed by atoms with E-state index in [-0.39, 0.29) is 14.5 Å². The summed E-state index contributed by atoms with van der Waals surface area (Å²) in [6.07, 6.45) is 0. The van der Waals surface area contributed by atoms with Crippen molar-refractivity contribution in [3.63, 3.8) is 0 Å². The van der Waals surface area contributed by atoms with Gasteiger partial charge < -0.3 is 0 Å². The van der Waals surface area contributed by atoms with Gasteiger partial charge >= 0.3 is 181 Å². The summed E-state index contributed by atoms with van der Waals surface area (Å²) < 4.78 is 0.679. The van der Waals surface area contributed by atoms with E-state index in [1.807, 2.05) is 12.9 Å². The predicted molar refractivity (Wildman–Crippen MR) is 130 cm³/mol. The van der Waals surface area contributed by atoms with Gasteiger partial charge in [0.15, 0.2) is 0 Å². The van der Waals surface area contributed by atoms with E-state index < -0.39 is 5.20 Å². The van der Waals surface area contributed by atoms with Crippen molar-refractivity contribution in [2.75, 3.05) is 0 Å². The van der Waals surface area contributed by atoms with Gasteiger partial charge in [0, 0.05) is 0 Å². The molecule has 5 heterocycles. The van der Waals surface area contributed by atoms with Crippen molar-refractivity contribution in [1.82, 2.24) is 0 Å². The van der Waals surface area contributed by atoms with E-state index >= 15 is 0 Å². The molecule has 26 heavy (non-hydrogen) atoms. The van der Waals surface area contributed by atoms with Crippen LogP contribution in [0.3, 0.4) is 0 Å². The van der Waals surface area contributed by atoms with E-state index in [1.54, 1.807) is 0 Å². The van der Waals surface area contributed by atoms with Crippen molar-refractivity contribution in [1.29, 1.82) is 0 Å². The Labute approximate surface area is 179 Å². The van der Waals surface area contributed by atoms with Gasteiger partial charge in [0.05, 0.1) is 0 Å². The maximum atomic E-state index is 4.15. The molecular formula is C20H36P4Se2. The van der Waals surface area contributed by atoms with Crippen molar-refractivity contribution >= 4 is 62.3 Å². The van der Waals surface area contributed by atoms with E-state index in [1.165, 1.54) is 0 Å². The van der Waals surface area contributed by atoms with Gasteiger partial charge in [-0.15, -0.1) is 0 Å². The molecule has 0 nitrogen and oxygen atoms in total. The molecule has 0 spiro atoms. The Kier molecular flexibility index (Phi) is 4.27. The van der Waals surface area contributed by atoms with Crippen LogP contribution in [-0.2, 0) is 0 Å². The van der Waals surface area contributed by atoms with E-state index in [0.29, 0.717) is 35.2 Å². The third kappa shape index (κ3) is 1.78. The van der Waals surface area contributed by atoms with Crippen LogP contribution in [0, 0.1) is 21.7 Å². The molecular weight excluding hydrogens is 522 g/mol. The molecule has 0 aromatic rings. The molecule has 6 bridgehead atoms. The molecule has 6 atom stereocenters. The van der Waals surface area contributed by atoms with Crippen LogP contribution in [0.4, 0.5) is 0 Å². The van der Waals surface area contributed by atoms with Crippen LogP contribution in [0.5, 0.6) is 0 Å². The zero-order valence-electron chi connectivity index (χ0n) is 18.6. The number of hydrogen-bond donors (Lipinski definition) is 0. The SMILES string of the molecule is CC(C)(C)C1=PP2(=[Se])C3(C(C)(C)C)[Se]P4C(C(C)(C)C)(P13)C42C(C)(C)C. The molecule has 148 valence electrons. The van der Waals surface area contributed by atoms with Crippen LogP contribution in [-0.4, -0.2) is 48.2 Å². The van der Waals surface area contributed by atoms with Gasteiger partial charge in [-0.1, -0.05) is 0 Å². The van der Waals surface area contributed by atoms with Crippen molar-refractivity contribution in [3.8, 4) is 0 Å². The van der Waals surface area contributed by atoms with Gasteiger partial charge in [0.25, 0.3) is 0 Å². The molecule has 0 aliphatic carbocycles. The minimum absolute atomic E-state index is 0.0217. The fourth-order valence-electron chi connectivity index (χ4n) is 6.30. The standard InChI is InChI=1S/C20H36P4Se2/c1-14(2,3)13-21-24(25)19(16(7,8)9)18(15(4,5)6)22(13)20(24,17(10,11)12)26-23(18)19/h1-12H3. The van der Waals surface area contributed by atoms with Gasteiger partial charge in [-0.25, -0.2) is 0 Å². The normalized spacial score (nSPS) is 50.2. The first-order valence-electron chi connectivity index (χ1n) is 9.81. The van der Waals surface area contributed by atoms with E-state index in [0.717, 1.165) is 14.5 Å². The summed E-state index contributed by atoms with van der Waals surface area (Å²) in [6.45, 7) is 31.4. The molecule has 0 aromatic heterocycles. The Balaban J connectivity index is 2.15. The van der Waals surface area contributed by atoms with Crippen LogP contribution in [0.1, 0.15) is 83.1 Å². The molecule has 6 heteroatoms. The summed E-state index contributed by atoms with van der Waals surface area (Å²) in [5.41, 5.74) is 1.73. The summed E-state index contributed by atoms with van der Waals surface area (Å²) in [6, 6.07) is 0. The molecule has 4 fully saturated rings. The fourth-order valence-corrected chi connectivity index (χ4v) is 84.7. The molecule has 0 saturated carbocycles. The summed E-state index contributed by atoms with van der Waals surface area (Å²) in [7, 11) is 1.80. The first-order valence-corrected chi connectivity index (χ1v) is 21.2. The van der Waals surface area contributed by atoms with Gasteiger partial charge in [0.2, 0.25) is 0 Å². The predicted octanol–water partition coefficient (Wildman–Crippen LogP) is 7.95. The van der Waals surface area contributed by atoms with Crippen molar-refractivity contribution in [2.45, 2.75) is 96.7 Å². The second-order valence-corrected chi connectivity index (χ2v) is 35.6. The molecule has 6 unspecified atom stereocenters. The second-order valence-electron chi connectivity index (χ2n) is 12.7. The number of hydrogen-bond acceptors (Lipinski definition) is 0. The third-order valence-corrected chi connectivity index (χ3v) is 53.4. The molecule has 5 rings (SSSR count). The molecule has 5 aliphatic heterocycles. The zero-order valence-corrected chi connectivity index (χ0v) is 25.6. The van der Waals surface area contributed by atoms with Crippen molar-refractivity contribution < 1.29 is 0 Å². The van der Waals surface area contributed by atoms with Crippen LogP contribution in [0.2, 0.25) is 0 Å². The van der Waals surface area contributed by atoms with Crippen molar-refractivity contribution in [3.05, 3.63) is 0 Å². The molecule has 0 radical (unpaired) electrons. The molecule has 5 aliphatic rings. The average molecular weight is 558 g/mol. The van der Waals surface area contributed by atoms with Gasteiger partial charge in [-0.05, 0) is 0 Å². The summed E-state index contributed by atoms with van der Waals surface area (Å²) >= 11 is 5.00. The zero-order chi connectivity index (χ0) is 20.1. The Morgan fingerprint density at radius 2 is 1.35 bits per heavy atom. The minimum atomic E-state index is -1.18. The fraction of sp³-hybridized carbons (Fsp3) is 0.950. The molecule has 0 amide bonds. The topological polar surface area (TPSA) is 0 Å². The quantitative estimate of drug-likeness (QED) is 0.209. The average Bonchev–Trinajstić information content (AvgIpc) is 2.56. The Bertz CT molecular complexity index is 789. The van der Waals surface area contributed by atoms with Crippen LogP contribution in [0.25, 0.3) is 0 Å². The summed E-state index contributed by atoms with van der Waals surface area (Å²) in [5, 5.41) is 0.823. The first-order chi connectivity index (χ1) is 11.3. The Hall–Kier alpha value is 2.50. The van der Waals surface area contributed by atoms with Gasteiger partial charge in [0.1, 0.15) is 0 Å². The third-order valence-electron chi connectivity index (χ3n) is 6.91. The Morgan fingerprint density at radius 1 is 0.846 bits per heavy atom. The van der Waals surface area contributed by atoms with Crippen LogP contribution < -0.4 is 0 Å². The van der Waals surface area contributed by atoms with Gasteiger partial charge in [-0.2, -0.15) is 0 Å². The molecule has 4 saturated heterocycles. The number of rotatable bonds is 0. The first kappa shape index (κ1) is 21.7. The van der Waals surface area contributed by atoms with E-state index in [9.17, 15) is 0 Å².